The minimum atomic E-state index is 0.411. The lowest BCUT2D eigenvalue weighted by Gasteiger charge is -2.17. The maximum Gasteiger partial charge on any atom is 0.0555 e. The van der Waals surface area contributed by atoms with E-state index < -0.39 is 0 Å². The van der Waals surface area contributed by atoms with Gasteiger partial charge in [0.15, 0.2) is 0 Å². The van der Waals surface area contributed by atoms with Gasteiger partial charge in [-0.2, -0.15) is 0 Å². The summed E-state index contributed by atoms with van der Waals surface area (Å²) < 4.78 is 5.24. The van der Waals surface area contributed by atoms with Gasteiger partial charge in [-0.1, -0.05) is 30.0 Å². The predicted octanol–water partition coefficient (Wildman–Crippen LogP) is 1.47. The van der Waals surface area contributed by atoms with Crippen molar-refractivity contribution >= 4 is 0 Å². The maximum absolute atomic E-state index is 5.44. The van der Waals surface area contributed by atoms with E-state index >= 15 is 0 Å². The number of hydrogen-bond donors (Lipinski definition) is 1. The first-order valence-corrected chi connectivity index (χ1v) is 6.81. The Labute approximate surface area is 115 Å². The Balaban J connectivity index is 2.00. The van der Waals surface area contributed by atoms with E-state index in [1.807, 2.05) is 6.07 Å². The van der Waals surface area contributed by atoms with E-state index in [0.29, 0.717) is 12.5 Å². The molecule has 0 spiro atoms. The highest BCUT2D eigenvalue weighted by atomic mass is 16.5. The Bertz CT molecular complexity index is 461. The molecule has 1 fully saturated rings. The van der Waals surface area contributed by atoms with Crippen molar-refractivity contribution in [3.63, 3.8) is 0 Å². The molecule has 1 unspecified atom stereocenters. The fraction of sp³-hybridized carbons (Fsp3) is 0.500. The number of nitrogens with two attached hydrogens (primary N) is 1. The van der Waals surface area contributed by atoms with Gasteiger partial charge in [-0.3, -0.25) is 4.90 Å². The quantitative estimate of drug-likeness (QED) is 0.831. The zero-order valence-corrected chi connectivity index (χ0v) is 11.6. The summed E-state index contributed by atoms with van der Waals surface area (Å²) in [7, 11) is 1.78. The summed E-state index contributed by atoms with van der Waals surface area (Å²) in [6.07, 6.45) is 1.23. The third-order valence-corrected chi connectivity index (χ3v) is 3.51. The molecule has 0 amide bonds. The molecule has 0 radical (unpaired) electrons. The van der Waals surface area contributed by atoms with Gasteiger partial charge in [0.2, 0.25) is 0 Å². The fourth-order valence-electron chi connectivity index (χ4n) is 2.60. The van der Waals surface area contributed by atoms with E-state index in [4.69, 9.17) is 10.5 Å². The van der Waals surface area contributed by atoms with E-state index in [-0.39, 0.29) is 0 Å². The number of hydrogen-bond acceptors (Lipinski definition) is 3. The molecule has 19 heavy (non-hydrogen) atoms. The minimum absolute atomic E-state index is 0.411. The predicted molar refractivity (Wildman–Crippen MR) is 77.6 cm³/mol. The van der Waals surface area contributed by atoms with Crippen molar-refractivity contribution in [2.45, 2.75) is 13.0 Å². The van der Waals surface area contributed by atoms with Crippen molar-refractivity contribution in [3.8, 4) is 11.8 Å². The van der Waals surface area contributed by atoms with E-state index in [1.165, 1.54) is 12.0 Å². The molecular formula is C16H22N2O. The Kier molecular flexibility index (Phi) is 5.41. The molecule has 1 saturated heterocycles. The first-order chi connectivity index (χ1) is 9.33. The highest BCUT2D eigenvalue weighted by molar-refractivity contribution is 5.41. The van der Waals surface area contributed by atoms with Crippen LogP contribution >= 0.6 is 0 Å². The van der Waals surface area contributed by atoms with Crippen molar-refractivity contribution in [1.82, 2.24) is 4.90 Å². The summed E-state index contributed by atoms with van der Waals surface area (Å²) in [5.41, 5.74) is 7.84. The van der Waals surface area contributed by atoms with E-state index in [1.54, 1.807) is 7.11 Å². The second kappa shape index (κ2) is 7.30. The molecule has 1 aliphatic rings. The van der Waals surface area contributed by atoms with E-state index in [0.717, 1.165) is 31.8 Å². The molecule has 2 rings (SSSR count). The molecule has 3 nitrogen and oxygen atoms in total. The van der Waals surface area contributed by atoms with Crippen LogP contribution in [-0.2, 0) is 11.3 Å². The Morgan fingerprint density at radius 1 is 1.42 bits per heavy atom. The number of methoxy groups -OCH3 is 1. The lowest BCUT2D eigenvalue weighted by molar-refractivity contribution is 0.152. The third-order valence-electron chi connectivity index (χ3n) is 3.51. The molecule has 1 heterocycles. The van der Waals surface area contributed by atoms with Gasteiger partial charge in [0.05, 0.1) is 13.2 Å². The first-order valence-electron chi connectivity index (χ1n) is 6.81. The van der Waals surface area contributed by atoms with Crippen LogP contribution in [0.15, 0.2) is 24.3 Å². The van der Waals surface area contributed by atoms with Crippen LogP contribution in [0, 0.1) is 17.8 Å². The average molecular weight is 258 g/mol. The molecule has 1 aromatic carbocycles. The second-order valence-corrected chi connectivity index (χ2v) is 5.01. The normalized spacial score (nSPS) is 19.2. The van der Waals surface area contributed by atoms with Gasteiger partial charge >= 0.3 is 0 Å². The molecule has 0 bridgehead atoms. The van der Waals surface area contributed by atoms with Crippen LogP contribution in [-0.4, -0.2) is 38.3 Å². The van der Waals surface area contributed by atoms with Crippen molar-refractivity contribution in [1.29, 1.82) is 0 Å². The highest BCUT2D eigenvalue weighted by Gasteiger charge is 2.22. The summed E-state index contributed by atoms with van der Waals surface area (Å²) in [4.78, 5) is 2.48. The SMILES string of the molecule is COCC1CCN(Cc2ccccc2C#CCN)C1. The van der Waals surface area contributed by atoms with Gasteiger partial charge in [-0.25, -0.2) is 0 Å². The van der Waals surface area contributed by atoms with Crippen LogP contribution < -0.4 is 5.73 Å². The second-order valence-electron chi connectivity index (χ2n) is 5.01. The summed E-state index contributed by atoms with van der Waals surface area (Å²) in [5, 5.41) is 0. The van der Waals surface area contributed by atoms with Gasteiger partial charge < -0.3 is 10.5 Å². The van der Waals surface area contributed by atoms with Crippen molar-refractivity contribution in [3.05, 3.63) is 35.4 Å². The molecule has 1 aromatic rings. The number of rotatable bonds is 4. The summed E-state index contributed by atoms with van der Waals surface area (Å²) in [6, 6.07) is 8.33. The van der Waals surface area contributed by atoms with E-state index in [9.17, 15) is 0 Å². The molecule has 0 saturated carbocycles. The summed E-state index contributed by atoms with van der Waals surface area (Å²) in [6.45, 7) is 4.51. The minimum Gasteiger partial charge on any atom is -0.384 e. The molecule has 3 heteroatoms. The Morgan fingerprint density at radius 3 is 3.05 bits per heavy atom. The zero-order valence-electron chi connectivity index (χ0n) is 11.6. The van der Waals surface area contributed by atoms with Crippen molar-refractivity contribution in [2.24, 2.45) is 11.7 Å². The first kappa shape index (κ1) is 14.1. The molecule has 1 aliphatic heterocycles. The smallest absolute Gasteiger partial charge is 0.0555 e. The number of nitrogens with zero attached hydrogens (tertiary/aromatic N) is 1. The molecular weight excluding hydrogens is 236 g/mol. The van der Waals surface area contributed by atoms with Gasteiger partial charge in [0.25, 0.3) is 0 Å². The van der Waals surface area contributed by atoms with Gasteiger partial charge in [-0.15, -0.1) is 0 Å². The van der Waals surface area contributed by atoms with Gasteiger partial charge in [0.1, 0.15) is 0 Å². The lowest BCUT2D eigenvalue weighted by Crippen LogP contribution is -2.21. The van der Waals surface area contributed by atoms with Crippen LogP contribution in [0.5, 0.6) is 0 Å². The maximum atomic E-state index is 5.44. The Morgan fingerprint density at radius 2 is 2.26 bits per heavy atom. The molecule has 102 valence electrons. The third kappa shape index (κ3) is 4.07. The number of ether oxygens (including phenoxy) is 1. The Hall–Kier alpha value is -1.34. The fourth-order valence-corrected chi connectivity index (χ4v) is 2.60. The van der Waals surface area contributed by atoms with Crippen LogP contribution in [0.1, 0.15) is 17.5 Å². The number of likely N-dealkylation sites (tertiary alicyclic amines) is 1. The molecule has 1 atom stereocenters. The van der Waals surface area contributed by atoms with Crippen LogP contribution in [0.4, 0.5) is 0 Å². The van der Waals surface area contributed by atoms with E-state index in [2.05, 4.69) is 34.9 Å². The van der Waals surface area contributed by atoms with Crippen LogP contribution in [0.3, 0.4) is 0 Å². The molecule has 2 N–H and O–H groups in total. The van der Waals surface area contributed by atoms with Crippen molar-refractivity contribution in [2.75, 3.05) is 33.4 Å². The summed E-state index contributed by atoms with van der Waals surface area (Å²) in [5.74, 6) is 6.77. The largest absolute Gasteiger partial charge is 0.384 e. The van der Waals surface area contributed by atoms with Gasteiger partial charge in [0, 0.05) is 25.8 Å². The molecule has 0 aromatic heterocycles. The molecule has 0 aliphatic carbocycles. The number of benzene rings is 1. The standard InChI is InChI=1S/C16H22N2O/c1-19-13-14-8-10-18(11-14)12-16-6-3-2-5-15(16)7-4-9-17/h2-3,5-6,14H,8-13,17H2,1H3. The highest BCUT2D eigenvalue weighted by Crippen LogP contribution is 2.20. The summed E-state index contributed by atoms with van der Waals surface area (Å²) >= 11 is 0. The topological polar surface area (TPSA) is 38.5 Å². The zero-order chi connectivity index (χ0) is 13.5. The van der Waals surface area contributed by atoms with Crippen LogP contribution in [0.2, 0.25) is 0 Å². The lowest BCUT2D eigenvalue weighted by atomic mass is 10.1. The average Bonchev–Trinajstić information content (AvgIpc) is 2.86. The van der Waals surface area contributed by atoms with Crippen molar-refractivity contribution < 1.29 is 4.74 Å². The monoisotopic (exact) mass is 258 g/mol. The van der Waals surface area contributed by atoms with Gasteiger partial charge in [-0.05, 0) is 30.5 Å². The van der Waals surface area contributed by atoms with Crippen LogP contribution in [0.25, 0.3) is 0 Å².